The van der Waals surface area contributed by atoms with Crippen molar-refractivity contribution in [3.63, 3.8) is 0 Å². The molecule has 2 heteroatoms. The van der Waals surface area contributed by atoms with Crippen LogP contribution in [-0.4, -0.2) is 11.5 Å². The molecule has 0 saturated carbocycles. The Morgan fingerprint density at radius 1 is 1.50 bits per heavy atom. The maximum atomic E-state index is 8.66. The van der Waals surface area contributed by atoms with Gasteiger partial charge in [-0.05, 0) is 0 Å². The first-order chi connectivity index (χ1) is 2.64. The molecule has 0 atom stereocenters. The quantitative estimate of drug-likeness (QED) is 0.422. The highest BCUT2D eigenvalue weighted by Gasteiger charge is 1.74. The Kier molecular flexibility index (Phi) is 2.29. The minimum Gasteiger partial charge on any atom is -0.430 e. The normalized spacial score (nSPS) is 10.7. The third-order valence-electron chi connectivity index (χ3n) is 0.682. The van der Waals surface area contributed by atoms with E-state index in [9.17, 15) is 0 Å². The van der Waals surface area contributed by atoms with Gasteiger partial charge < -0.3 is 15.1 Å². The van der Waals surface area contributed by atoms with E-state index in [2.05, 4.69) is 0 Å². The van der Waals surface area contributed by atoms with E-state index in [1.807, 2.05) is 20.1 Å². The molecule has 0 heterocycles. The van der Waals surface area contributed by atoms with E-state index in [1.54, 1.807) is 0 Å². The zero-order chi connectivity index (χ0) is 5.15. The summed E-state index contributed by atoms with van der Waals surface area (Å²) in [6, 6.07) is 0. The van der Waals surface area contributed by atoms with Crippen LogP contribution >= 0.6 is 0 Å². The van der Waals surface area contributed by atoms with Crippen molar-refractivity contribution in [2.75, 3.05) is 6.26 Å². The topological polar surface area (TPSA) is 23.8 Å². The van der Waals surface area contributed by atoms with Crippen molar-refractivity contribution in [3.8, 4) is 0 Å². The first kappa shape index (κ1) is 6.06. The molecule has 0 rings (SSSR count). The Hall–Kier alpha value is 0.0600. The summed E-state index contributed by atoms with van der Waals surface area (Å²) < 4.78 is 8.66. The number of nitrogens with zero attached hydrogens (tertiary/aromatic N) is 1. The summed E-state index contributed by atoms with van der Waals surface area (Å²) in [6.45, 7) is 4.01. The van der Waals surface area contributed by atoms with Crippen LogP contribution in [0.2, 0.25) is 0 Å². The van der Waals surface area contributed by atoms with E-state index in [4.69, 9.17) is 4.61 Å². The molecule has 1 nitrogen and oxygen atoms in total. The second kappa shape index (κ2) is 2.27. The Balaban J connectivity index is 3.36. The van der Waals surface area contributed by atoms with Crippen LogP contribution in [0.3, 0.4) is 0 Å². The van der Waals surface area contributed by atoms with Gasteiger partial charge in [0.05, 0.1) is 0 Å². The number of hydrogen-bond donors (Lipinski definition) is 0. The van der Waals surface area contributed by atoms with E-state index in [1.165, 1.54) is 0 Å². The molecule has 0 N–H and O–H groups in total. The van der Waals surface area contributed by atoms with Crippen LogP contribution in [-0.2, 0) is 10.5 Å². The van der Waals surface area contributed by atoms with Crippen LogP contribution in [0.15, 0.2) is 0 Å². The Morgan fingerprint density at radius 3 is 1.67 bits per heavy atom. The van der Waals surface area contributed by atoms with Gasteiger partial charge in [0, 0.05) is 0 Å². The highest BCUT2D eigenvalue weighted by Crippen LogP contribution is 1.84. The molecule has 0 aromatic carbocycles. The van der Waals surface area contributed by atoms with Crippen LogP contribution in [0.5, 0.6) is 0 Å². The largest absolute Gasteiger partial charge is 0.430 e. The summed E-state index contributed by atoms with van der Waals surface area (Å²) in [4.78, 5) is 0. The van der Waals surface area contributed by atoms with Gasteiger partial charge in [0.25, 0.3) is 0 Å². The van der Waals surface area contributed by atoms with Crippen LogP contribution in [0.1, 0.15) is 13.8 Å². The monoisotopic (exact) mass is 104 g/mol. The van der Waals surface area contributed by atoms with Crippen molar-refractivity contribution in [2.24, 2.45) is 0 Å². The van der Waals surface area contributed by atoms with Gasteiger partial charge in [-0.2, -0.15) is 0 Å². The lowest BCUT2D eigenvalue weighted by atomic mass is 10.6. The van der Waals surface area contributed by atoms with Gasteiger partial charge in [-0.25, -0.2) is 0 Å². The van der Waals surface area contributed by atoms with E-state index in [-0.39, 0.29) is 10.5 Å². The summed E-state index contributed by atoms with van der Waals surface area (Å²) in [5, 5.41) is 0.435. The molecule has 0 saturated heterocycles. The van der Waals surface area contributed by atoms with Gasteiger partial charge in [0.1, 0.15) is 0 Å². The SMILES string of the molecule is CC(C)[S-](C)#N. The predicted molar refractivity (Wildman–Crippen MR) is 30.1 cm³/mol. The maximum absolute atomic E-state index is 8.66. The van der Waals surface area contributed by atoms with Crippen molar-refractivity contribution in [3.05, 3.63) is 0 Å². The molecule has 0 aliphatic heterocycles. The second-order valence-corrected chi connectivity index (χ2v) is 3.56. The zero-order valence-electron chi connectivity index (χ0n) is 4.43. The maximum Gasteiger partial charge on any atom is -0.0800 e. The van der Waals surface area contributed by atoms with Gasteiger partial charge in [-0.3, -0.25) is 0 Å². The molecular weight excluding hydrogens is 94.1 g/mol. The van der Waals surface area contributed by atoms with Crippen LogP contribution in [0, 0.1) is 4.61 Å². The average Bonchev–Trinajstić information content (AvgIpc) is 1.36. The molecule has 0 aliphatic carbocycles. The number of rotatable bonds is 0. The van der Waals surface area contributed by atoms with Crippen molar-refractivity contribution >= 4 is 10.5 Å². The molecular formula is C4H10NS-. The van der Waals surface area contributed by atoms with E-state index < -0.39 is 0 Å². The highest BCUT2D eigenvalue weighted by molar-refractivity contribution is 7.83. The van der Waals surface area contributed by atoms with Gasteiger partial charge in [0.2, 0.25) is 0 Å². The van der Waals surface area contributed by atoms with Gasteiger partial charge in [0.15, 0.2) is 0 Å². The molecule has 0 amide bonds. The Bertz CT molecular complexity index is 87.5. The third kappa shape index (κ3) is 2.31. The molecule has 38 valence electrons. The fourth-order valence-corrected chi connectivity index (χ4v) is 0. The van der Waals surface area contributed by atoms with Crippen molar-refractivity contribution in [1.29, 1.82) is 4.61 Å². The average molecular weight is 104 g/mol. The summed E-state index contributed by atoms with van der Waals surface area (Å²) in [5.41, 5.74) is 0. The molecule has 6 heavy (non-hydrogen) atoms. The zero-order valence-corrected chi connectivity index (χ0v) is 5.25. The lowest BCUT2D eigenvalue weighted by Crippen LogP contribution is -1.97. The molecule has 0 radical (unpaired) electrons. The van der Waals surface area contributed by atoms with Crippen molar-refractivity contribution in [1.82, 2.24) is 0 Å². The lowest BCUT2D eigenvalue weighted by molar-refractivity contribution is 1.11. The third-order valence-corrected chi connectivity index (χ3v) is 2.05. The minimum atomic E-state index is -0.367. The molecule has 0 fully saturated rings. The first-order valence-electron chi connectivity index (χ1n) is 1.98. The Morgan fingerprint density at radius 2 is 1.67 bits per heavy atom. The molecule has 0 unspecified atom stereocenters. The summed E-state index contributed by atoms with van der Waals surface area (Å²) in [7, 11) is -0.367. The summed E-state index contributed by atoms with van der Waals surface area (Å²) >= 11 is 0. The molecule has 0 aromatic rings. The van der Waals surface area contributed by atoms with Gasteiger partial charge in [-0.15, -0.1) is 11.5 Å². The fraction of sp³-hybridized carbons (Fsp3) is 1.00. The molecule has 0 aliphatic rings. The van der Waals surface area contributed by atoms with E-state index >= 15 is 0 Å². The van der Waals surface area contributed by atoms with Gasteiger partial charge in [-0.1, -0.05) is 13.8 Å². The minimum absolute atomic E-state index is 0.367. The van der Waals surface area contributed by atoms with E-state index in [0.29, 0.717) is 5.25 Å². The molecule has 0 bridgehead atoms. The smallest absolute Gasteiger partial charge is 0.0800 e. The summed E-state index contributed by atoms with van der Waals surface area (Å²) in [6.07, 6.45) is 1.82. The predicted octanol–water partition coefficient (Wildman–Crippen LogP) is 1.12. The van der Waals surface area contributed by atoms with E-state index in [0.717, 1.165) is 0 Å². The Labute approximate surface area is 41.3 Å². The van der Waals surface area contributed by atoms with Gasteiger partial charge >= 0.3 is 0 Å². The highest BCUT2D eigenvalue weighted by atomic mass is 32.2. The van der Waals surface area contributed by atoms with Crippen molar-refractivity contribution < 1.29 is 0 Å². The molecule has 0 spiro atoms. The van der Waals surface area contributed by atoms with Crippen molar-refractivity contribution in [2.45, 2.75) is 19.1 Å². The standard InChI is InChI=1S/C4H10NS/c1-4(2)6(3)5/h4H,1-3H3/q-1. The van der Waals surface area contributed by atoms with Crippen LogP contribution in [0.4, 0.5) is 0 Å². The lowest BCUT2D eigenvalue weighted by Gasteiger charge is -2.07. The fourth-order valence-electron chi connectivity index (χ4n) is 0. The second-order valence-electron chi connectivity index (χ2n) is 1.57. The van der Waals surface area contributed by atoms with Crippen LogP contribution < -0.4 is 0 Å². The molecule has 0 aromatic heterocycles. The summed E-state index contributed by atoms with van der Waals surface area (Å²) in [5.74, 6) is 0. The number of hydrogen-bond acceptors (Lipinski definition) is 2. The first-order valence-corrected chi connectivity index (χ1v) is 3.63. The van der Waals surface area contributed by atoms with Crippen LogP contribution in [0.25, 0.3) is 0 Å².